The molecule has 0 radical (unpaired) electrons. The zero-order chi connectivity index (χ0) is 11.5. The molecule has 0 amide bonds. The molecular formula is C14H20O2. The van der Waals surface area contributed by atoms with E-state index in [-0.39, 0.29) is 12.0 Å². The van der Waals surface area contributed by atoms with Crippen molar-refractivity contribution < 1.29 is 9.84 Å². The molecule has 1 unspecified atom stereocenters. The molecule has 1 fully saturated rings. The molecule has 0 aliphatic heterocycles. The van der Waals surface area contributed by atoms with Gasteiger partial charge in [0.25, 0.3) is 0 Å². The van der Waals surface area contributed by atoms with Crippen LogP contribution in [0.3, 0.4) is 0 Å². The van der Waals surface area contributed by atoms with E-state index in [0.717, 1.165) is 23.8 Å². The lowest BCUT2D eigenvalue weighted by molar-refractivity contribution is 0.127. The van der Waals surface area contributed by atoms with E-state index in [9.17, 15) is 5.11 Å². The lowest BCUT2D eigenvalue weighted by Crippen LogP contribution is -2.05. The van der Waals surface area contributed by atoms with E-state index in [1.807, 2.05) is 38.1 Å². The third-order valence-electron chi connectivity index (χ3n) is 3.04. The molecule has 1 aliphatic rings. The fraction of sp³-hybridized carbons (Fsp3) is 0.571. The van der Waals surface area contributed by atoms with E-state index in [1.165, 1.54) is 12.8 Å². The second-order valence-corrected chi connectivity index (χ2v) is 5.01. The number of hydrogen-bond acceptors (Lipinski definition) is 2. The number of ether oxygens (including phenoxy) is 1. The highest BCUT2D eigenvalue weighted by Crippen LogP contribution is 2.30. The molecule has 88 valence electrons. The zero-order valence-electron chi connectivity index (χ0n) is 10.0. The summed E-state index contributed by atoms with van der Waals surface area (Å²) in [5, 5.41) is 9.88. The Hall–Kier alpha value is -1.02. The summed E-state index contributed by atoms with van der Waals surface area (Å²) in [7, 11) is 0. The van der Waals surface area contributed by atoms with Crippen molar-refractivity contribution in [1.29, 1.82) is 0 Å². The van der Waals surface area contributed by atoms with Crippen molar-refractivity contribution in [1.82, 2.24) is 0 Å². The highest BCUT2D eigenvalue weighted by molar-refractivity contribution is 5.28. The predicted molar refractivity (Wildman–Crippen MR) is 64.5 cm³/mol. The average molecular weight is 220 g/mol. The standard InChI is InChI=1S/C14H20O2/c1-10(2)14(15)12-5-7-13(8-6-12)16-9-11-3-4-11/h5-8,10-11,14-15H,3-4,9H2,1-2H3. The summed E-state index contributed by atoms with van der Waals surface area (Å²) in [6.07, 6.45) is 2.24. The number of benzene rings is 1. The molecule has 2 rings (SSSR count). The number of aliphatic hydroxyl groups excluding tert-OH is 1. The molecule has 0 spiro atoms. The predicted octanol–water partition coefficient (Wildman–Crippen LogP) is 3.16. The molecule has 16 heavy (non-hydrogen) atoms. The monoisotopic (exact) mass is 220 g/mol. The van der Waals surface area contributed by atoms with E-state index < -0.39 is 0 Å². The van der Waals surface area contributed by atoms with Crippen LogP contribution in [0.25, 0.3) is 0 Å². The maximum Gasteiger partial charge on any atom is 0.119 e. The van der Waals surface area contributed by atoms with Gasteiger partial charge in [-0.2, -0.15) is 0 Å². The van der Waals surface area contributed by atoms with Crippen LogP contribution in [-0.4, -0.2) is 11.7 Å². The first-order chi connectivity index (χ1) is 7.66. The normalized spacial score (nSPS) is 17.5. The van der Waals surface area contributed by atoms with Gasteiger partial charge in [-0.1, -0.05) is 26.0 Å². The third kappa shape index (κ3) is 2.99. The van der Waals surface area contributed by atoms with Gasteiger partial charge in [-0.15, -0.1) is 0 Å². The SMILES string of the molecule is CC(C)C(O)c1ccc(OCC2CC2)cc1. The minimum Gasteiger partial charge on any atom is -0.493 e. The molecule has 1 aliphatic carbocycles. The highest BCUT2D eigenvalue weighted by Gasteiger charge is 2.21. The van der Waals surface area contributed by atoms with E-state index in [4.69, 9.17) is 4.74 Å². The maximum atomic E-state index is 9.88. The van der Waals surface area contributed by atoms with Gasteiger partial charge >= 0.3 is 0 Å². The summed E-state index contributed by atoms with van der Waals surface area (Å²) in [4.78, 5) is 0. The fourth-order valence-corrected chi connectivity index (χ4v) is 1.64. The van der Waals surface area contributed by atoms with E-state index >= 15 is 0 Å². The van der Waals surface area contributed by atoms with Gasteiger partial charge < -0.3 is 9.84 Å². The quantitative estimate of drug-likeness (QED) is 0.826. The molecule has 1 aromatic rings. The van der Waals surface area contributed by atoms with Crippen molar-refractivity contribution in [3.63, 3.8) is 0 Å². The van der Waals surface area contributed by atoms with Crippen molar-refractivity contribution in [2.75, 3.05) is 6.61 Å². The van der Waals surface area contributed by atoms with Crippen LogP contribution in [0.1, 0.15) is 38.4 Å². The second kappa shape index (κ2) is 4.88. The van der Waals surface area contributed by atoms with Crippen LogP contribution in [0.2, 0.25) is 0 Å². The lowest BCUT2D eigenvalue weighted by Gasteiger charge is -2.15. The second-order valence-electron chi connectivity index (χ2n) is 5.01. The molecule has 0 saturated heterocycles. The number of aliphatic hydroxyl groups is 1. The summed E-state index contributed by atoms with van der Waals surface area (Å²) < 4.78 is 5.64. The minimum absolute atomic E-state index is 0.248. The van der Waals surface area contributed by atoms with Crippen LogP contribution < -0.4 is 4.74 Å². The molecular weight excluding hydrogens is 200 g/mol. The average Bonchev–Trinajstić information content (AvgIpc) is 3.10. The molecule has 0 heterocycles. The Bertz CT molecular complexity index is 325. The van der Waals surface area contributed by atoms with Gasteiger partial charge in [-0.25, -0.2) is 0 Å². The van der Waals surface area contributed by atoms with Gasteiger partial charge in [0.15, 0.2) is 0 Å². The Morgan fingerprint density at radius 2 is 1.88 bits per heavy atom. The summed E-state index contributed by atoms with van der Waals surface area (Å²) in [6, 6.07) is 7.80. The Morgan fingerprint density at radius 1 is 1.25 bits per heavy atom. The smallest absolute Gasteiger partial charge is 0.119 e. The van der Waals surface area contributed by atoms with E-state index in [2.05, 4.69) is 0 Å². The maximum absolute atomic E-state index is 9.88. The largest absolute Gasteiger partial charge is 0.493 e. The topological polar surface area (TPSA) is 29.5 Å². The molecule has 0 aromatic heterocycles. The van der Waals surface area contributed by atoms with Gasteiger partial charge in [-0.05, 0) is 42.4 Å². The summed E-state index contributed by atoms with van der Waals surface area (Å²) in [6.45, 7) is 4.87. The van der Waals surface area contributed by atoms with Crippen LogP contribution in [-0.2, 0) is 0 Å². The zero-order valence-corrected chi connectivity index (χ0v) is 10.0. The molecule has 2 nitrogen and oxygen atoms in total. The third-order valence-corrected chi connectivity index (χ3v) is 3.04. The first-order valence-corrected chi connectivity index (χ1v) is 6.07. The van der Waals surface area contributed by atoms with E-state index in [1.54, 1.807) is 0 Å². The van der Waals surface area contributed by atoms with Crippen LogP contribution >= 0.6 is 0 Å². The summed E-state index contributed by atoms with van der Waals surface area (Å²) in [5.41, 5.74) is 0.966. The van der Waals surface area contributed by atoms with Crippen molar-refractivity contribution in [3.8, 4) is 5.75 Å². The van der Waals surface area contributed by atoms with Gasteiger partial charge in [0, 0.05) is 0 Å². The summed E-state index contributed by atoms with van der Waals surface area (Å²) >= 11 is 0. The number of rotatable bonds is 5. The van der Waals surface area contributed by atoms with Crippen molar-refractivity contribution >= 4 is 0 Å². The van der Waals surface area contributed by atoms with Crippen molar-refractivity contribution in [3.05, 3.63) is 29.8 Å². The molecule has 0 bridgehead atoms. The van der Waals surface area contributed by atoms with Gasteiger partial charge in [-0.3, -0.25) is 0 Å². The fourth-order valence-electron chi connectivity index (χ4n) is 1.64. The highest BCUT2D eigenvalue weighted by atomic mass is 16.5. The van der Waals surface area contributed by atoms with Gasteiger partial charge in [0.05, 0.1) is 12.7 Å². The minimum atomic E-state index is -0.377. The van der Waals surface area contributed by atoms with Crippen molar-refractivity contribution in [2.24, 2.45) is 11.8 Å². The molecule has 1 atom stereocenters. The molecule has 1 aromatic carbocycles. The number of hydrogen-bond donors (Lipinski definition) is 1. The van der Waals surface area contributed by atoms with Gasteiger partial charge in [0.1, 0.15) is 5.75 Å². The van der Waals surface area contributed by atoms with Crippen LogP contribution in [0.15, 0.2) is 24.3 Å². The Balaban J connectivity index is 1.92. The molecule has 1 saturated carbocycles. The van der Waals surface area contributed by atoms with Crippen LogP contribution in [0, 0.1) is 11.8 Å². The molecule has 2 heteroatoms. The Morgan fingerprint density at radius 3 is 2.38 bits per heavy atom. The van der Waals surface area contributed by atoms with Gasteiger partial charge in [0.2, 0.25) is 0 Å². The summed E-state index contributed by atoms with van der Waals surface area (Å²) in [5.74, 6) is 1.94. The van der Waals surface area contributed by atoms with E-state index in [0.29, 0.717) is 0 Å². The first-order valence-electron chi connectivity index (χ1n) is 6.07. The van der Waals surface area contributed by atoms with Crippen LogP contribution in [0.4, 0.5) is 0 Å². The Kier molecular flexibility index (Phi) is 3.49. The molecule has 1 N–H and O–H groups in total. The van der Waals surface area contributed by atoms with Crippen molar-refractivity contribution in [2.45, 2.75) is 32.8 Å². The van der Waals surface area contributed by atoms with Crippen LogP contribution in [0.5, 0.6) is 5.75 Å². The first kappa shape index (κ1) is 11.5. The lowest BCUT2D eigenvalue weighted by atomic mass is 9.99. The Labute approximate surface area is 97.3 Å².